The molecule has 1 fully saturated rings. The standard InChI is InChI=1S/C15H19N3O3/c1-10(19)13(20)18-8-6-15(7-9-18)14(21)16-11-4-2-3-5-12(11)17-15/h2-5,10,17,19H,6-9H2,1H3,(H,16,21). The molecule has 112 valence electrons. The second kappa shape index (κ2) is 5.04. The molecule has 1 saturated heterocycles. The molecule has 2 aliphatic rings. The molecule has 3 N–H and O–H groups in total. The van der Waals surface area contributed by atoms with Crippen LogP contribution in [0.2, 0.25) is 0 Å². The van der Waals surface area contributed by atoms with Crippen LogP contribution in [0, 0.1) is 0 Å². The number of hydrogen-bond donors (Lipinski definition) is 3. The molecule has 0 aliphatic carbocycles. The smallest absolute Gasteiger partial charge is 0.251 e. The van der Waals surface area contributed by atoms with Gasteiger partial charge in [0, 0.05) is 13.1 Å². The van der Waals surface area contributed by atoms with Crippen molar-refractivity contribution < 1.29 is 14.7 Å². The lowest BCUT2D eigenvalue weighted by atomic mass is 9.84. The first kappa shape index (κ1) is 13.9. The minimum Gasteiger partial charge on any atom is -0.384 e. The summed E-state index contributed by atoms with van der Waals surface area (Å²) in [5.74, 6) is -0.327. The predicted molar refractivity (Wildman–Crippen MR) is 78.9 cm³/mol. The van der Waals surface area contributed by atoms with Crippen LogP contribution in [0.5, 0.6) is 0 Å². The summed E-state index contributed by atoms with van der Waals surface area (Å²) in [5, 5.41) is 15.6. The Morgan fingerprint density at radius 3 is 2.52 bits per heavy atom. The molecule has 1 atom stereocenters. The Kier molecular flexibility index (Phi) is 3.33. The fraction of sp³-hybridized carbons (Fsp3) is 0.467. The van der Waals surface area contributed by atoms with Crippen molar-refractivity contribution in [1.29, 1.82) is 0 Å². The number of nitrogens with zero attached hydrogens (tertiary/aromatic N) is 1. The summed E-state index contributed by atoms with van der Waals surface area (Å²) >= 11 is 0. The van der Waals surface area contributed by atoms with Crippen LogP contribution in [0.3, 0.4) is 0 Å². The zero-order chi connectivity index (χ0) is 15.0. The molecule has 2 aliphatic heterocycles. The molecule has 0 radical (unpaired) electrons. The maximum atomic E-state index is 12.4. The Bertz CT molecular complexity index is 577. The molecular formula is C15H19N3O3. The Morgan fingerprint density at radius 2 is 1.90 bits per heavy atom. The fourth-order valence-electron chi connectivity index (χ4n) is 2.98. The minimum atomic E-state index is -0.993. The van der Waals surface area contributed by atoms with Crippen molar-refractivity contribution in [3.05, 3.63) is 24.3 Å². The van der Waals surface area contributed by atoms with Gasteiger partial charge in [0.05, 0.1) is 11.4 Å². The SMILES string of the molecule is CC(O)C(=O)N1CCC2(CC1)Nc1ccccc1NC2=O. The van der Waals surface area contributed by atoms with E-state index < -0.39 is 11.6 Å². The van der Waals surface area contributed by atoms with Gasteiger partial charge in [-0.1, -0.05) is 12.1 Å². The van der Waals surface area contributed by atoms with E-state index in [2.05, 4.69) is 10.6 Å². The lowest BCUT2D eigenvalue weighted by Crippen LogP contribution is -2.59. The third kappa shape index (κ3) is 2.35. The Balaban J connectivity index is 1.76. The van der Waals surface area contributed by atoms with E-state index in [0.717, 1.165) is 11.4 Å². The molecule has 2 heterocycles. The number of aliphatic hydroxyl groups is 1. The normalized spacial score (nSPS) is 21.2. The number of amides is 2. The molecule has 6 heteroatoms. The van der Waals surface area contributed by atoms with Crippen LogP contribution in [0.1, 0.15) is 19.8 Å². The minimum absolute atomic E-state index is 0.0506. The average Bonchev–Trinajstić information content (AvgIpc) is 2.48. The number of nitrogens with one attached hydrogen (secondary N) is 2. The second-order valence-corrected chi connectivity index (χ2v) is 5.71. The number of carbonyl (C=O) groups excluding carboxylic acids is 2. The van der Waals surface area contributed by atoms with Crippen LogP contribution in [0.15, 0.2) is 24.3 Å². The van der Waals surface area contributed by atoms with E-state index in [0.29, 0.717) is 25.9 Å². The van der Waals surface area contributed by atoms with E-state index in [1.807, 2.05) is 24.3 Å². The number of carbonyl (C=O) groups is 2. The average molecular weight is 289 g/mol. The van der Waals surface area contributed by atoms with Gasteiger partial charge in [-0.15, -0.1) is 0 Å². The Labute approximate surface area is 123 Å². The number of fused-ring (bicyclic) bond motifs is 1. The van der Waals surface area contributed by atoms with Crippen molar-refractivity contribution in [1.82, 2.24) is 4.90 Å². The molecule has 6 nitrogen and oxygen atoms in total. The predicted octanol–water partition coefficient (Wildman–Crippen LogP) is 0.793. The molecule has 0 saturated carbocycles. The van der Waals surface area contributed by atoms with Crippen molar-refractivity contribution in [3.63, 3.8) is 0 Å². The topological polar surface area (TPSA) is 81.7 Å². The molecule has 1 unspecified atom stereocenters. The van der Waals surface area contributed by atoms with E-state index in [1.54, 1.807) is 4.90 Å². The molecule has 0 aromatic heterocycles. The van der Waals surface area contributed by atoms with Gasteiger partial charge in [-0.05, 0) is 31.9 Å². The van der Waals surface area contributed by atoms with Crippen LogP contribution in [0.4, 0.5) is 11.4 Å². The summed E-state index contributed by atoms with van der Waals surface area (Å²) in [5.41, 5.74) is 1.03. The van der Waals surface area contributed by atoms with E-state index in [4.69, 9.17) is 0 Å². The fourth-order valence-corrected chi connectivity index (χ4v) is 2.98. The molecule has 21 heavy (non-hydrogen) atoms. The van der Waals surface area contributed by atoms with Gasteiger partial charge in [0.15, 0.2) is 0 Å². The first-order chi connectivity index (χ1) is 10.0. The number of likely N-dealkylation sites (tertiary alicyclic amines) is 1. The molecule has 2 amide bonds. The number of rotatable bonds is 1. The van der Waals surface area contributed by atoms with Crippen molar-refractivity contribution in [3.8, 4) is 0 Å². The Hall–Kier alpha value is -2.08. The quantitative estimate of drug-likeness (QED) is 0.714. The van der Waals surface area contributed by atoms with Gasteiger partial charge < -0.3 is 20.6 Å². The third-order valence-corrected chi connectivity index (χ3v) is 4.27. The van der Waals surface area contributed by atoms with Crippen LogP contribution >= 0.6 is 0 Å². The molecule has 0 bridgehead atoms. The van der Waals surface area contributed by atoms with Crippen LogP contribution in [0.25, 0.3) is 0 Å². The van der Waals surface area contributed by atoms with E-state index in [-0.39, 0.29) is 11.8 Å². The molecular weight excluding hydrogens is 270 g/mol. The highest BCUT2D eigenvalue weighted by molar-refractivity contribution is 6.06. The van der Waals surface area contributed by atoms with Crippen LogP contribution < -0.4 is 10.6 Å². The van der Waals surface area contributed by atoms with Gasteiger partial charge in [0.2, 0.25) is 5.91 Å². The second-order valence-electron chi connectivity index (χ2n) is 5.71. The Morgan fingerprint density at radius 1 is 1.29 bits per heavy atom. The van der Waals surface area contributed by atoms with Gasteiger partial charge >= 0.3 is 0 Å². The van der Waals surface area contributed by atoms with Crippen molar-refractivity contribution in [2.45, 2.75) is 31.4 Å². The first-order valence-electron chi connectivity index (χ1n) is 7.17. The lowest BCUT2D eigenvalue weighted by molar-refractivity contribution is -0.142. The van der Waals surface area contributed by atoms with Crippen LogP contribution in [-0.4, -0.2) is 46.6 Å². The summed E-state index contributed by atoms with van der Waals surface area (Å²) < 4.78 is 0. The number of aliphatic hydroxyl groups excluding tert-OH is 1. The van der Waals surface area contributed by atoms with E-state index in [9.17, 15) is 14.7 Å². The van der Waals surface area contributed by atoms with Crippen LogP contribution in [-0.2, 0) is 9.59 Å². The monoisotopic (exact) mass is 289 g/mol. The van der Waals surface area contributed by atoms with Gasteiger partial charge in [-0.2, -0.15) is 0 Å². The maximum absolute atomic E-state index is 12.4. The van der Waals surface area contributed by atoms with Crippen molar-refractivity contribution in [2.24, 2.45) is 0 Å². The lowest BCUT2D eigenvalue weighted by Gasteiger charge is -2.44. The van der Waals surface area contributed by atoms with Gasteiger partial charge in [-0.25, -0.2) is 0 Å². The highest BCUT2D eigenvalue weighted by atomic mass is 16.3. The first-order valence-corrected chi connectivity index (χ1v) is 7.17. The molecule has 3 rings (SSSR count). The van der Waals surface area contributed by atoms with E-state index in [1.165, 1.54) is 6.92 Å². The number of para-hydroxylation sites is 2. The third-order valence-electron chi connectivity index (χ3n) is 4.27. The summed E-state index contributed by atoms with van der Waals surface area (Å²) in [4.78, 5) is 25.8. The van der Waals surface area contributed by atoms with Gasteiger partial charge in [-0.3, -0.25) is 9.59 Å². The highest BCUT2D eigenvalue weighted by Gasteiger charge is 2.45. The number of benzene rings is 1. The molecule has 1 spiro atoms. The summed E-state index contributed by atoms with van der Waals surface area (Å²) in [6.45, 7) is 2.40. The summed E-state index contributed by atoms with van der Waals surface area (Å²) in [6, 6.07) is 7.59. The van der Waals surface area contributed by atoms with Crippen molar-refractivity contribution in [2.75, 3.05) is 23.7 Å². The number of anilines is 2. The zero-order valence-corrected chi connectivity index (χ0v) is 11.9. The van der Waals surface area contributed by atoms with Gasteiger partial charge in [0.25, 0.3) is 5.91 Å². The number of hydrogen-bond acceptors (Lipinski definition) is 4. The largest absolute Gasteiger partial charge is 0.384 e. The zero-order valence-electron chi connectivity index (χ0n) is 11.9. The van der Waals surface area contributed by atoms with E-state index >= 15 is 0 Å². The summed E-state index contributed by atoms with van der Waals surface area (Å²) in [7, 11) is 0. The molecule has 1 aromatic carbocycles. The van der Waals surface area contributed by atoms with Gasteiger partial charge in [0.1, 0.15) is 11.6 Å². The number of piperidine rings is 1. The molecule has 1 aromatic rings. The maximum Gasteiger partial charge on any atom is 0.251 e. The summed E-state index contributed by atoms with van der Waals surface area (Å²) in [6.07, 6.45) is 0.0741. The highest BCUT2D eigenvalue weighted by Crippen LogP contribution is 2.36. The van der Waals surface area contributed by atoms with Crippen molar-refractivity contribution >= 4 is 23.2 Å².